The van der Waals surface area contributed by atoms with E-state index in [1.54, 1.807) is 31.4 Å². The number of amides is 2. The van der Waals surface area contributed by atoms with Crippen molar-refractivity contribution in [2.75, 3.05) is 13.7 Å². The number of nitrogens with one attached hydrogen (secondary N) is 3. The highest BCUT2D eigenvalue weighted by Crippen LogP contribution is 2.19. The first-order valence-corrected chi connectivity index (χ1v) is 10.2. The first-order chi connectivity index (χ1) is 14.7. The molecule has 2 aromatic carbocycles. The van der Waals surface area contributed by atoms with Gasteiger partial charge in [0.2, 0.25) is 0 Å². The van der Waals surface area contributed by atoms with Crippen molar-refractivity contribution < 1.29 is 19.1 Å². The van der Waals surface area contributed by atoms with Crippen LogP contribution in [-0.4, -0.2) is 42.3 Å². The number of aromatic nitrogens is 1. The highest BCUT2D eigenvalue weighted by Gasteiger charge is 2.20. The largest absolute Gasteiger partial charge is 0.497 e. The van der Waals surface area contributed by atoms with E-state index in [4.69, 9.17) is 9.47 Å². The summed E-state index contributed by atoms with van der Waals surface area (Å²) in [5.74, 6) is 0.456. The van der Waals surface area contributed by atoms with Crippen LogP contribution in [-0.2, 0) is 11.2 Å². The number of aromatic amines is 1. The van der Waals surface area contributed by atoms with Crippen LogP contribution in [0.15, 0.2) is 54.7 Å². The van der Waals surface area contributed by atoms with Gasteiger partial charge in [0.1, 0.15) is 11.4 Å². The monoisotopic (exact) mass is 423 g/mol. The van der Waals surface area contributed by atoms with Crippen LogP contribution < -0.4 is 15.4 Å². The number of rotatable bonds is 7. The summed E-state index contributed by atoms with van der Waals surface area (Å²) >= 11 is 0. The van der Waals surface area contributed by atoms with Gasteiger partial charge in [-0.15, -0.1) is 0 Å². The summed E-state index contributed by atoms with van der Waals surface area (Å²) < 4.78 is 10.5. The van der Waals surface area contributed by atoms with E-state index in [1.807, 2.05) is 51.2 Å². The third-order valence-corrected chi connectivity index (χ3v) is 4.72. The third kappa shape index (κ3) is 6.25. The van der Waals surface area contributed by atoms with Crippen molar-refractivity contribution in [1.82, 2.24) is 15.6 Å². The molecule has 0 saturated heterocycles. The summed E-state index contributed by atoms with van der Waals surface area (Å²) in [6, 6.07) is 14.5. The van der Waals surface area contributed by atoms with Gasteiger partial charge in [-0.25, -0.2) is 4.79 Å². The van der Waals surface area contributed by atoms with Crippen molar-refractivity contribution in [3.63, 3.8) is 0 Å². The summed E-state index contributed by atoms with van der Waals surface area (Å²) in [5.41, 5.74) is 2.00. The van der Waals surface area contributed by atoms with Crippen LogP contribution in [0.5, 0.6) is 5.75 Å². The number of para-hydroxylation sites is 1. The van der Waals surface area contributed by atoms with Crippen LogP contribution in [0.2, 0.25) is 0 Å². The highest BCUT2D eigenvalue weighted by atomic mass is 16.6. The number of H-pyrrole nitrogens is 1. The van der Waals surface area contributed by atoms with Gasteiger partial charge in [-0.05, 0) is 63.1 Å². The molecular formula is C24H29N3O4. The lowest BCUT2D eigenvalue weighted by Crippen LogP contribution is -2.46. The number of methoxy groups -OCH3 is 1. The maximum Gasteiger partial charge on any atom is 0.407 e. The van der Waals surface area contributed by atoms with Gasteiger partial charge in [-0.1, -0.05) is 18.2 Å². The van der Waals surface area contributed by atoms with Gasteiger partial charge in [0.05, 0.1) is 13.2 Å². The minimum absolute atomic E-state index is 0.224. The molecule has 0 radical (unpaired) electrons. The SMILES string of the molecule is COc1ccc(C(=O)NC(CNC(=O)OC(C)(C)C)Cc2c[nH]c3ccccc23)cc1. The first kappa shape index (κ1) is 22.2. The molecule has 0 bridgehead atoms. The minimum Gasteiger partial charge on any atom is -0.497 e. The number of benzene rings is 2. The Morgan fingerprint density at radius 3 is 2.45 bits per heavy atom. The molecule has 164 valence electrons. The second-order valence-electron chi connectivity index (χ2n) is 8.35. The Morgan fingerprint density at radius 1 is 1.06 bits per heavy atom. The molecule has 0 aliphatic rings. The molecule has 0 fully saturated rings. The van der Waals surface area contributed by atoms with Gasteiger partial charge in [0.25, 0.3) is 5.91 Å². The fourth-order valence-electron chi connectivity index (χ4n) is 3.27. The number of ether oxygens (including phenoxy) is 2. The molecule has 0 spiro atoms. The van der Waals surface area contributed by atoms with Crippen LogP contribution in [0.3, 0.4) is 0 Å². The van der Waals surface area contributed by atoms with Crippen molar-refractivity contribution in [3.8, 4) is 5.75 Å². The number of carbonyl (C=O) groups excluding carboxylic acids is 2. The van der Waals surface area contributed by atoms with Gasteiger partial charge >= 0.3 is 6.09 Å². The molecule has 0 aliphatic heterocycles. The Hall–Kier alpha value is -3.48. The minimum atomic E-state index is -0.594. The maximum absolute atomic E-state index is 12.8. The number of hydrogen-bond acceptors (Lipinski definition) is 4. The summed E-state index contributed by atoms with van der Waals surface area (Å²) in [6.45, 7) is 5.65. The van der Waals surface area contributed by atoms with Gasteiger partial charge in [-0.3, -0.25) is 4.79 Å². The molecule has 31 heavy (non-hydrogen) atoms. The van der Waals surface area contributed by atoms with Crippen LogP contribution in [0.25, 0.3) is 10.9 Å². The van der Waals surface area contributed by atoms with Gasteiger partial charge in [-0.2, -0.15) is 0 Å². The number of alkyl carbamates (subject to hydrolysis) is 1. The molecule has 0 saturated carbocycles. The number of carbonyl (C=O) groups is 2. The average molecular weight is 424 g/mol. The second-order valence-corrected chi connectivity index (χ2v) is 8.35. The zero-order valence-corrected chi connectivity index (χ0v) is 18.3. The smallest absolute Gasteiger partial charge is 0.407 e. The van der Waals surface area contributed by atoms with E-state index in [1.165, 1.54) is 0 Å². The lowest BCUT2D eigenvalue weighted by Gasteiger charge is -2.23. The fraction of sp³-hybridized carbons (Fsp3) is 0.333. The standard InChI is InChI=1S/C24H29N3O4/c1-24(2,3)31-23(29)26-15-18(13-17-14-25-21-8-6-5-7-20(17)21)27-22(28)16-9-11-19(30-4)12-10-16/h5-12,14,18,25H,13,15H2,1-4H3,(H,26,29)(H,27,28). The molecule has 3 N–H and O–H groups in total. The van der Waals surface area contributed by atoms with E-state index in [0.29, 0.717) is 17.7 Å². The predicted molar refractivity (Wildman–Crippen MR) is 120 cm³/mol. The van der Waals surface area contributed by atoms with Crippen molar-refractivity contribution in [2.45, 2.75) is 38.8 Å². The Kier molecular flexibility index (Phi) is 6.84. The Morgan fingerprint density at radius 2 is 1.77 bits per heavy atom. The van der Waals surface area contributed by atoms with Crippen LogP contribution >= 0.6 is 0 Å². The number of fused-ring (bicyclic) bond motifs is 1. The molecule has 3 aromatic rings. The van der Waals surface area contributed by atoms with Gasteiger partial charge < -0.3 is 25.1 Å². The summed E-state index contributed by atoms with van der Waals surface area (Å²) in [4.78, 5) is 28.2. The lowest BCUT2D eigenvalue weighted by atomic mass is 10.0. The van der Waals surface area contributed by atoms with E-state index in [-0.39, 0.29) is 18.5 Å². The van der Waals surface area contributed by atoms with Crippen LogP contribution in [0.4, 0.5) is 4.79 Å². The molecule has 1 heterocycles. The van der Waals surface area contributed by atoms with E-state index >= 15 is 0 Å². The second kappa shape index (κ2) is 9.55. The molecule has 1 aromatic heterocycles. The first-order valence-electron chi connectivity index (χ1n) is 10.2. The Balaban J connectivity index is 1.74. The van der Waals surface area contributed by atoms with E-state index < -0.39 is 11.7 Å². The van der Waals surface area contributed by atoms with Crippen molar-refractivity contribution in [3.05, 3.63) is 65.9 Å². The predicted octanol–water partition coefficient (Wildman–Crippen LogP) is 4.04. The Labute approximate surface area is 182 Å². The zero-order valence-electron chi connectivity index (χ0n) is 18.3. The summed E-state index contributed by atoms with van der Waals surface area (Å²) in [6.07, 6.45) is 1.96. The highest BCUT2D eigenvalue weighted by molar-refractivity contribution is 5.94. The molecular weight excluding hydrogens is 394 g/mol. The molecule has 3 rings (SSSR count). The van der Waals surface area contributed by atoms with Crippen LogP contribution in [0, 0.1) is 0 Å². The quantitative estimate of drug-likeness (QED) is 0.535. The molecule has 0 aliphatic carbocycles. The normalized spacial score (nSPS) is 12.3. The van der Waals surface area contributed by atoms with E-state index in [2.05, 4.69) is 15.6 Å². The van der Waals surface area contributed by atoms with Gasteiger partial charge in [0.15, 0.2) is 0 Å². The summed E-state index contributed by atoms with van der Waals surface area (Å²) in [7, 11) is 1.58. The molecule has 7 nitrogen and oxygen atoms in total. The van der Waals surface area contributed by atoms with E-state index in [0.717, 1.165) is 16.5 Å². The molecule has 2 amide bonds. The van der Waals surface area contributed by atoms with Gasteiger partial charge in [0, 0.05) is 29.2 Å². The van der Waals surface area contributed by atoms with Crippen LogP contribution in [0.1, 0.15) is 36.7 Å². The fourth-order valence-corrected chi connectivity index (χ4v) is 3.27. The summed E-state index contributed by atoms with van der Waals surface area (Å²) in [5, 5.41) is 6.88. The Bertz CT molecular complexity index is 1030. The molecule has 1 unspecified atom stereocenters. The third-order valence-electron chi connectivity index (χ3n) is 4.72. The lowest BCUT2D eigenvalue weighted by molar-refractivity contribution is 0.0520. The zero-order chi connectivity index (χ0) is 22.4. The van der Waals surface area contributed by atoms with Crippen molar-refractivity contribution in [1.29, 1.82) is 0 Å². The van der Waals surface area contributed by atoms with Crippen molar-refractivity contribution in [2.24, 2.45) is 0 Å². The van der Waals surface area contributed by atoms with E-state index in [9.17, 15) is 9.59 Å². The number of hydrogen-bond donors (Lipinski definition) is 3. The topological polar surface area (TPSA) is 92.5 Å². The van der Waals surface area contributed by atoms with Crippen molar-refractivity contribution >= 4 is 22.9 Å². The molecule has 7 heteroatoms. The molecule has 1 atom stereocenters. The average Bonchev–Trinajstić information content (AvgIpc) is 3.13. The maximum atomic E-state index is 12.8.